The van der Waals surface area contributed by atoms with E-state index in [2.05, 4.69) is 47.3 Å². The molecule has 0 aliphatic carbocycles. The maximum Gasteiger partial charge on any atom is 0.113 e. The predicted octanol–water partition coefficient (Wildman–Crippen LogP) is 4.55. The lowest BCUT2D eigenvalue weighted by molar-refractivity contribution is 0.411. The third kappa shape index (κ3) is 2.66. The summed E-state index contributed by atoms with van der Waals surface area (Å²) in [5.41, 5.74) is 8.23. The Morgan fingerprint density at radius 1 is 1.33 bits per heavy atom. The summed E-state index contributed by atoms with van der Waals surface area (Å²) in [5, 5.41) is 3.12. The van der Waals surface area contributed by atoms with E-state index in [1.165, 1.54) is 0 Å². The topological polar surface area (TPSA) is 38.9 Å². The van der Waals surface area contributed by atoms with Gasteiger partial charge < -0.3 is 5.73 Å². The van der Waals surface area contributed by atoms with E-state index >= 15 is 0 Å². The SMILES string of the molecule is CCC(N)(CC)c1nc(-c2cccc(Br)c2)cs1. The van der Waals surface area contributed by atoms with E-state index in [-0.39, 0.29) is 5.54 Å². The van der Waals surface area contributed by atoms with Gasteiger partial charge in [0.1, 0.15) is 5.01 Å². The second-order valence-electron chi connectivity index (χ2n) is 4.41. The van der Waals surface area contributed by atoms with Gasteiger partial charge in [0.2, 0.25) is 0 Å². The van der Waals surface area contributed by atoms with Gasteiger partial charge in [-0.15, -0.1) is 11.3 Å². The normalized spacial score (nSPS) is 11.8. The molecule has 1 heterocycles. The van der Waals surface area contributed by atoms with Crippen molar-refractivity contribution in [3.63, 3.8) is 0 Å². The van der Waals surface area contributed by atoms with Crippen molar-refractivity contribution in [2.45, 2.75) is 32.2 Å². The van der Waals surface area contributed by atoms with E-state index < -0.39 is 0 Å². The van der Waals surface area contributed by atoms with Gasteiger partial charge in [0.05, 0.1) is 11.2 Å². The molecule has 0 radical (unpaired) electrons. The van der Waals surface area contributed by atoms with Crippen LogP contribution < -0.4 is 5.73 Å². The van der Waals surface area contributed by atoms with Crippen LogP contribution in [0.1, 0.15) is 31.7 Å². The van der Waals surface area contributed by atoms with Gasteiger partial charge in [0.25, 0.3) is 0 Å². The van der Waals surface area contributed by atoms with Crippen LogP contribution in [-0.2, 0) is 5.54 Å². The minimum Gasteiger partial charge on any atom is -0.319 e. The second-order valence-corrected chi connectivity index (χ2v) is 6.19. The van der Waals surface area contributed by atoms with Gasteiger partial charge in [-0.2, -0.15) is 0 Å². The van der Waals surface area contributed by atoms with E-state index in [0.29, 0.717) is 0 Å². The average Bonchev–Trinajstić information content (AvgIpc) is 2.88. The summed E-state index contributed by atoms with van der Waals surface area (Å²) >= 11 is 5.14. The number of thiazole rings is 1. The van der Waals surface area contributed by atoms with Gasteiger partial charge in [-0.1, -0.05) is 41.9 Å². The largest absolute Gasteiger partial charge is 0.319 e. The van der Waals surface area contributed by atoms with Crippen molar-refractivity contribution in [2.24, 2.45) is 5.73 Å². The minimum absolute atomic E-state index is 0.283. The van der Waals surface area contributed by atoms with Crippen LogP contribution >= 0.6 is 27.3 Å². The summed E-state index contributed by atoms with van der Waals surface area (Å²) in [5.74, 6) is 0. The van der Waals surface area contributed by atoms with Crippen LogP contribution in [0.25, 0.3) is 11.3 Å². The fourth-order valence-corrected chi connectivity index (χ4v) is 3.32. The van der Waals surface area contributed by atoms with Crippen molar-refractivity contribution >= 4 is 27.3 Å². The van der Waals surface area contributed by atoms with Crippen LogP contribution in [0.3, 0.4) is 0 Å². The highest BCUT2D eigenvalue weighted by molar-refractivity contribution is 9.10. The maximum absolute atomic E-state index is 6.38. The molecule has 0 saturated heterocycles. The monoisotopic (exact) mass is 324 g/mol. The van der Waals surface area contributed by atoms with Gasteiger partial charge >= 0.3 is 0 Å². The molecule has 0 fully saturated rings. The lowest BCUT2D eigenvalue weighted by Crippen LogP contribution is -2.34. The molecule has 2 nitrogen and oxygen atoms in total. The first-order valence-electron chi connectivity index (χ1n) is 6.10. The molecule has 0 amide bonds. The number of hydrogen-bond acceptors (Lipinski definition) is 3. The number of benzene rings is 1. The lowest BCUT2D eigenvalue weighted by Gasteiger charge is -2.23. The highest BCUT2D eigenvalue weighted by atomic mass is 79.9. The summed E-state index contributed by atoms with van der Waals surface area (Å²) in [4.78, 5) is 4.71. The number of halogens is 1. The quantitative estimate of drug-likeness (QED) is 0.896. The van der Waals surface area contributed by atoms with Crippen LogP contribution in [-0.4, -0.2) is 4.98 Å². The number of nitrogens with two attached hydrogens (primary N) is 1. The van der Waals surface area contributed by atoms with Crippen molar-refractivity contribution in [2.75, 3.05) is 0 Å². The van der Waals surface area contributed by atoms with Crippen molar-refractivity contribution in [3.8, 4) is 11.3 Å². The molecule has 0 spiro atoms. The zero-order chi connectivity index (χ0) is 13.2. The Bertz CT molecular complexity index is 532. The summed E-state index contributed by atoms with van der Waals surface area (Å²) in [7, 11) is 0. The smallest absolute Gasteiger partial charge is 0.113 e. The molecule has 0 saturated carbocycles. The highest BCUT2D eigenvalue weighted by Crippen LogP contribution is 2.32. The Morgan fingerprint density at radius 3 is 2.67 bits per heavy atom. The van der Waals surface area contributed by atoms with Crippen molar-refractivity contribution in [1.29, 1.82) is 0 Å². The fourth-order valence-electron chi connectivity index (χ4n) is 1.84. The second kappa shape index (κ2) is 5.51. The molecule has 96 valence electrons. The van der Waals surface area contributed by atoms with Crippen molar-refractivity contribution in [3.05, 3.63) is 39.1 Å². The first-order valence-corrected chi connectivity index (χ1v) is 7.77. The Labute approximate surface area is 120 Å². The molecule has 2 N–H and O–H groups in total. The summed E-state index contributed by atoms with van der Waals surface area (Å²) in [6.07, 6.45) is 1.82. The van der Waals surface area contributed by atoms with Crippen LogP contribution in [0.4, 0.5) is 0 Å². The third-order valence-corrected chi connectivity index (χ3v) is 4.87. The summed E-state index contributed by atoms with van der Waals surface area (Å²) in [6, 6.07) is 8.18. The Kier molecular flexibility index (Phi) is 4.20. The van der Waals surface area contributed by atoms with Gasteiger partial charge in [-0.05, 0) is 25.0 Å². The van der Waals surface area contributed by atoms with Crippen molar-refractivity contribution < 1.29 is 0 Å². The molecule has 2 aromatic rings. The third-order valence-electron chi connectivity index (χ3n) is 3.31. The predicted molar refractivity (Wildman–Crippen MR) is 81.7 cm³/mol. The molecule has 0 aliphatic heterocycles. The number of rotatable bonds is 4. The van der Waals surface area contributed by atoms with Crippen LogP contribution in [0.15, 0.2) is 34.1 Å². The maximum atomic E-state index is 6.38. The van der Waals surface area contributed by atoms with E-state index in [1.54, 1.807) is 11.3 Å². The molecular formula is C14H17BrN2S. The Morgan fingerprint density at radius 2 is 2.06 bits per heavy atom. The van der Waals surface area contributed by atoms with Gasteiger partial charge in [-0.3, -0.25) is 0 Å². The molecule has 0 atom stereocenters. The summed E-state index contributed by atoms with van der Waals surface area (Å²) in [6.45, 7) is 4.23. The van der Waals surface area contributed by atoms with Gasteiger partial charge in [0, 0.05) is 15.4 Å². The standard InChI is InChI=1S/C14H17BrN2S/c1-3-14(16,4-2)13-17-12(9-18-13)10-6-5-7-11(15)8-10/h5-9H,3-4,16H2,1-2H3. The molecule has 0 bridgehead atoms. The van der Waals surface area contributed by atoms with E-state index in [0.717, 1.165) is 33.6 Å². The number of hydrogen-bond donors (Lipinski definition) is 1. The van der Waals surface area contributed by atoms with Crippen molar-refractivity contribution in [1.82, 2.24) is 4.98 Å². The highest BCUT2D eigenvalue weighted by Gasteiger charge is 2.26. The summed E-state index contributed by atoms with van der Waals surface area (Å²) < 4.78 is 1.07. The van der Waals surface area contributed by atoms with Gasteiger partial charge in [0.15, 0.2) is 0 Å². The first-order chi connectivity index (χ1) is 8.59. The van der Waals surface area contributed by atoms with E-state index in [1.807, 2.05) is 12.1 Å². The van der Waals surface area contributed by atoms with Crippen LogP contribution in [0.5, 0.6) is 0 Å². The van der Waals surface area contributed by atoms with E-state index in [9.17, 15) is 0 Å². The average molecular weight is 325 g/mol. The zero-order valence-corrected chi connectivity index (χ0v) is 13.0. The van der Waals surface area contributed by atoms with E-state index in [4.69, 9.17) is 10.7 Å². The molecule has 0 unspecified atom stereocenters. The molecule has 1 aromatic carbocycles. The molecule has 0 aliphatic rings. The molecule has 2 rings (SSSR count). The first kappa shape index (κ1) is 13.7. The Balaban J connectivity index is 2.36. The Hall–Kier alpha value is -0.710. The minimum atomic E-state index is -0.283. The van der Waals surface area contributed by atoms with Gasteiger partial charge in [-0.25, -0.2) is 4.98 Å². The van der Waals surface area contributed by atoms with Crippen LogP contribution in [0, 0.1) is 0 Å². The molecular weight excluding hydrogens is 308 g/mol. The molecule has 1 aromatic heterocycles. The molecule has 4 heteroatoms. The molecule has 18 heavy (non-hydrogen) atoms. The lowest BCUT2D eigenvalue weighted by atomic mass is 9.95. The zero-order valence-electron chi connectivity index (χ0n) is 10.6. The number of aromatic nitrogens is 1. The fraction of sp³-hybridized carbons (Fsp3) is 0.357. The van der Waals surface area contributed by atoms with Crippen LogP contribution in [0.2, 0.25) is 0 Å². The number of nitrogens with zero attached hydrogens (tertiary/aromatic N) is 1.